The summed E-state index contributed by atoms with van der Waals surface area (Å²) in [5.41, 5.74) is 1.35. The molecule has 0 saturated carbocycles. The van der Waals surface area contributed by atoms with E-state index in [2.05, 4.69) is 6.92 Å². The fraction of sp³-hybridized carbons (Fsp3) is 0.650. The Morgan fingerprint density at radius 2 is 2.07 bits per heavy atom. The van der Waals surface area contributed by atoms with Crippen molar-refractivity contribution in [3.8, 4) is 0 Å². The van der Waals surface area contributed by atoms with E-state index in [-0.39, 0.29) is 16.7 Å². The van der Waals surface area contributed by atoms with Gasteiger partial charge in [-0.2, -0.15) is 0 Å². The molecule has 0 spiro atoms. The van der Waals surface area contributed by atoms with E-state index < -0.39 is 0 Å². The zero-order valence-corrected chi connectivity index (χ0v) is 17.8. The second kappa shape index (κ2) is 7.95. The van der Waals surface area contributed by atoms with Crippen molar-refractivity contribution in [1.29, 1.82) is 0 Å². The zero-order valence-electron chi connectivity index (χ0n) is 16.1. The molecule has 5 nitrogen and oxygen atoms in total. The molecule has 2 aromatic heterocycles. The second-order valence-corrected chi connectivity index (χ2v) is 9.86. The van der Waals surface area contributed by atoms with Gasteiger partial charge in [-0.3, -0.25) is 14.2 Å². The van der Waals surface area contributed by atoms with Gasteiger partial charge in [-0.1, -0.05) is 37.9 Å². The molecular weight excluding hydrogens is 378 g/mol. The molecule has 3 heterocycles. The summed E-state index contributed by atoms with van der Waals surface area (Å²) in [4.78, 5) is 34.6. The normalized spacial score (nSPS) is 19.4. The summed E-state index contributed by atoms with van der Waals surface area (Å²) in [6, 6.07) is 0. The Bertz CT molecular complexity index is 918. The summed E-state index contributed by atoms with van der Waals surface area (Å²) in [7, 11) is 1.85. The van der Waals surface area contributed by atoms with Crippen LogP contribution in [-0.4, -0.2) is 39.2 Å². The molecule has 1 saturated heterocycles. The smallest absolute Gasteiger partial charge is 0.263 e. The first-order valence-electron chi connectivity index (χ1n) is 10.1. The molecule has 2 aromatic rings. The standard InChI is InChI=1S/C20H27N3O2S2/c1-3-4-5-6-11-23-19(25)16-13-8-7-9-14(13)26-17(16)21-20(23)27-15-10-12-22(2)18(15)24/h15H,3-12H2,1-2H3. The number of hydrogen-bond donors (Lipinski definition) is 0. The largest absolute Gasteiger partial charge is 0.345 e. The van der Waals surface area contributed by atoms with Crippen molar-refractivity contribution in [2.75, 3.05) is 13.6 Å². The maximum Gasteiger partial charge on any atom is 0.263 e. The van der Waals surface area contributed by atoms with Gasteiger partial charge in [-0.25, -0.2) is 4.98 Å². The summed E-state index contributed by atoms with van der Waals surface area (Å²) in [6.07, 6.45) is 8.51. The van der Waals surface area contributed by atoms with Crippen LogP contribution in [-0.2, 0) is 24.2 Å². The van der Waals surface area contributed by atoms with Gasteiger partial charge < -0.3 is 4.90 Å². The van der Waals surface area contributed by atoms with Crippen molar-refractivity contribution in [3.63, 3.8) is 0 Å². The Kier molecular flexibility index (Phi) is 5.60. The van der Waals surface area contributed by atoms with E-state index in [4.69, 9.17) is 4.98 Å². The fourth-order valence-electron chi connectivity index (χ4n) is 4.07. The van der Waals surface area contributed by atoms with Gasteiger partial charge >= 0.3 is 0 Å². The first-order chi connectivity index (χ1) is 13.1. The van der Waals surface area contributed by atoms with Crippen LogP contribution in [0.2, 0.25) is 0 Å². The number of aryl methyl sites for hydroxylation is 2. The Morgan fingerprint density at radius 1 is 1.22 bits per heavy atom. The lowest BCUT2D eigenvalue weighted by Gasteiger charge is -2.15. The molecule has 2 aliphatic rings. The number of unbranched alkanes of at least 4 members (excludes halogenated alkanes) is 3. The summed E-state index contributed by atoms with van der Waals surface area (Å²) in [5.74, 6) is 0.153. The number of aromatic nitrogens is 2. The monoisotopic (exact) mass is 405 g/mol. The van der Waals surface area contributed by atoms with Crippen molar-refractivity contribution in [3.05, 3.63) is 20.8 Å². The van der Waals surface area contributed by atoms with Crippen LogP contribution in [0.5, 0.6) is 0 Å². The van der Waals surface area contributed by atoms with E-state index in [0.29, 0.717) is 6.54 Å². The van der Waals surface area contributed by atoms with E-state index in [0.717, 1.165) is 60.4 Å². The number of fused-ring (bicyclic) bond motifs is 3. The molecule has 1 atom stereocenters. The molecule has 1 unspecified atom stereocenters. The number of likely N-dealkylation sites (tertiary alicyclic amines) is 1. The van der Waals surface area contributed by atoms with Crippen LogP contribution < -0.4 is 5.56 Å². The lowest BCUT2D eigenvalue weighted by Crippen LogP contribution is -2.27. The summed E-state index contributed by atoms with van der Waals surface area (Å²) >= 11 is 3.17. The molecular formula is C20H27N3O2S2. The number of rotatable bonds is 7. The van der Waals surface area contributed by atoms with Crippen molar-refractivity contribution in [2.45, 2.75) is 75.2 Å². The second-order valence-electron chi connectivity index (χ2n) is 7.60. The van der Waals surface area contributed by atoms with Crippen LogP contribution in [0.1, 0.15) is 55.9 Å². The van der Waals surface area contributed by atoms with E-state index in [1.807, 2.05) is 11.6 Å². The number of thiophene rings is 1. The SMILES string of the molecule is CCCCCCn1c(SC2CCN(C)C2=O)nc2sc3c(c2c1=O)CCC3. The average molecular weight is 406 g/mol. The predicted octanol–water partition coefficient (Wildman–Crippen LogP) is 3.85. The van der Waals surface area contributed by atoms with Gasteiger partial charge in [0.25, 0.3) is 5.56 Å². The average Bonchev–Trinajstić information content (AvgIpc) is 3.31. The third-order valence-electron chi connectivity index (χ3n) is 5.65. The molecule has 27 heavy (non-hydrogen) atoms. The first-order valence-corrected chi connectivity index (χ1v) is 11.8. The van der Waals surface area contributed by atoms with Gasteiger partial charge in [0, 0.05) is 25.0 Å². The Morgan fingerprint density at radius 3 is 2.81 bits per heavy atom. The lowest BCUT2D eigenvalue weighted by molar-refractivity contribution is -0.126. The molecule has 0 bridgehead atoms. The van der Waals surface area contributed by atoms with Gasteiger partial charge in [0.1, 0.15) is 4.83 Å². The van der Waals surface area contributed by atoms with Gasteiger partial charge in [-0.15, -0.1) is 11.3 Å². The van der Waals surface area contributed by atoms with Crippen LogP contribution in [0.4, 0.5) is 0 Å². The number of hydrogen-bond acceptors (Lipinski definition) is 5. The third-order valence-corrected chi connectivity index (χ3v) is 8.08. The number of nitrogens with zero attached hydrogens (tertiary/aromatic N) is 3. The molecule has 0 aromatic carbocycles. The van der Waals surface area contributed by atoms with Gasteiger partial charge in [0.05, 0.1) is 10.6 Å². The molecule has 7 heteroatoms. The van der Waals surface area contributed by atoms with Gasteiger partial charge in [0.15, 0.2) is 5.16 Å². The van der Waals surface area contributed by atoms with E-state index in [1.165, 1.54) is 35.0 Å². The van der Waals surface area contributed by atoms with E-state index in [9.17, 15) is 9.59 Å². The molecule has 1 aliphatic heterocycles. The Hall–Kier alpha value is -1.34. The summed E-state index contributed by atoms with van der Waals surface area (Å²) in [6.45, 7) is 3.68. The molecule has 0 radical (unpaired) electrons. The molecule has 1 fully saturated rings. The summed E-state index contributed by atoms with van der Waals surface area (Å²) in [5, 5.41) is 1.47. The molecule has 1 aliphatic carbocycles. The maximum absolute atomic E-state index is 13.4. The van der Waals surface area contributed by atoms with Crippen LogP contribution in [0.3, 0.4) is 0 Å². The quantitative estimate of drug-likeness (QED) is 0.519. The van der Waals surface area contributed by atoms with E-state index >= 15 is 0 Å². The predicted molar refractivity (Wildman–Crippen MR) is 112 cm³/mol. The fourth-order valence-corrected chi connectivity index (χ4v) is 6.58. The molecule has 0 N–H and O–H groups in total. The van der Waals surface area contributed by atoms with Crippen LogP contribution >= 0.6 is 23.1 Å². The number of carbonyl (C=O) groups excluding carboxylic acids is 1. The number of thioether (sulfide) groups is 1. The van der Waals surface area contributed by atoms with Crippen molar-refractivity contribution >= 4 is 39.2 Å². The highest BCUT2D eigenvalue weighted by Crippen LogP contribution is 2.37. The minimum atomic E-state index is -0.118. The Balaban J connectivity index is 1.71. The maximum atomic E-state index is 13.4. The topological polar surface area (TPSA) is 55.2 Å². The summed E-state index contributed by atoms with van der Waals surface area (Å²) < 4.78 is 1.86. The highest BCUT2D eigenvalue weighted by molar-refractivity contribution is 8.00. The number of amides is 1. The van der Waals surface area contributed by atoms with Gasteiger partial charge in [-0.05, 0) is 37.7 Å². The third kappa shape index (κ3) is 3.56. The highest BCUT2D eigenvalue weighted by Gasteiger charge is 2.32. The minimum absolute atomic E-state index is 0.109. The van der Waals surface area contributed by atoms with E-state index in [1.54, 1.807) is 16.2 Å². The molecule has 146 valence electrons. The molecule has 1 amide bonds. The van der Waals surface area contributed by atoms with Crippen LogP contribution in [0.25, 0.3) is 10.2 Å². The lowest BCUT2D eigenvalue weighted by atomic mass is 10.2. The molecule has 4 rings (SSSR count). The minimum Gasteiger partial charge on any atom is -0.345 e. The van der Waals surface area contributed by atoms with Crippen molar-refractivity contribution in [2.24, 2.45) is 0 Å². The number of carbonyl (C=O) groups is 1. The van der Waals surface area contributed by atoms with Crippen molar-refractivity contribution < 1.29 is 4.79 Å². The highest BCUT2D eigenvalue weighted by atomic mass is 32.2. The Labute approximate surface area is 168 Å². The zero-order chi connectivity index (χ0) is 19.0. The van der Waals surface area contributed by atoms with Gasteiger partial charge in [0.2, 0.25) is 5.91 Å². The van der Waals surface area contributed by atoms with Crippen LogP contribution in [0, 0.1) is 0 Å². The van der Waals surface area contributed by atoms with Crippen molar-refractivity contribution in [1.82, 2.24) is 14.5 Å². The van der Waals surface area contributed by atoms with Crippen LogP contribution in [0.15, 0.2) is 9.95 Å². The first kappa shape index (κ1) is 19.0.